The van der Waals surface area contributed by atoms with E-state index in [1.807, 2.05) is 19.1 Å². The highest BCUT2D eigenvalue weighted by molar-refractivity contribution is 6.31. The van der Waals surface area contributed by atoms with Gasteiger partial charge in [0.05, 0.1) is 40.7 Å². The molecule has 0 saturated carbocycles. The lowest BCUT2D eigenvalue weighted by atomic mass is 9.96. The molecule has 2 atom stereocenters. The SMILES string of the molecule is CCC/C=C\C(C(=O)N(C)CCCC1OC(=O)Nc2ccc(Cl)c(F)c21)c1cc(-c2ccc(NC(=O)OC)cc2NC=O)ccn1. The van der Waals surface area contributed by atoms with Crippen LogP contribution in [-0.2, 0) is 19.1 Å². The lowest BCUT2D eigenvalue weighted by Crippen LogP contribution is -2.33. The molecule has 1 aromatic heterocycles. The first-order chi connectivity index (χ1) is 22.2. The molecule has 2 heterocycles. The van der Waals surface area contributed by atoms with Crippen LogP contribution in [0.4, 0.5) is 31.0 Å². The van der Waals surface area contributed by atoms with Crippen molar-refractivity contribution in [3.8, 4) is 11.1 Å². The first-order valence-electron chi connectivity index (χ1n) is 14.7. The zero-order valence-corrected chi connectivity index (χ0v) is 26.4. The average molecular weight is 652 g/mol. The molecule has 1 aliphatic heterocycles. The van der Waals surface area contributed by atoms with Crippen LogP contribution in [-0.4, -0.2) is 55.1 Å². The molecule has 4 amide bonds. The van der Waals surface area contributed by atoms with Crippen molar-refractivity contribution < 1.29 is 33.0 Å². The molecule has 242 valence electrons. The maximum atomic E-state index is 14.8. The summed E-state index contributed by atoms with van der Waals surface area (Å²) in [6.45, 7) is 2.34. The largest absolute Gasteiger partial charge is 0.453 e. The van der Waals surface area contributed by atoms with Crippen molar-refractivity contribution >= 4 is 53.2 Å². The van der Waals surface area contributed by atoms with E-state index in [9.17, 15) is 23.6 Å². The summed E-state index contributed by atoms with van der Waals surface area (Å²) in [4.78, 5) is 55.0. The third-order valence-electron chi connectivity index (χ3n) is 7.40. The highest BCUT2D eigenvalue weighted by Gasteiger charge is 2.31. The number of halogens is 2. The van der Waals surface area contributed by atoms with Crippen LogP contribution in [0.1, 0.15) is 55.9 Å². The number of unbranched alkanes of at least 4 members (excludes halogenated alkanes) is 1. The summed E-state index contributed by atoms with van der Waals surface area (Å²) in [6, 6.07) is 11.4. The molecule has 0 aliphatic carbocycles. The maximum Gasteiger partial charge on any atom is 0.412 e. The second-order valence-corrected chi connectivity index (χ2v) is 11.0. The van der Waals surface area contributed by atoms with Gasteiger partial charge in [-0.15, -0.1) is 0 Å². The Morgan fingerprint density at radius 3 is 2.78 bits per heavy atom. The minimum Gasteiger partial charge on any atom is -0.453 e. The number of carbonyl (C=O) groups excluding carboxylic acids is 4. The van der Waals surface area contributed by atoms with Gasteiger partial charge < -0.3 is 19.7 Å². The molecule has 2 unspecified atom stereocenters. The number of benzene rings is 2. The summed E-state index contributed by atoms with van der Waals surface area (Å²) in [5.41, 5.74) is 3.16. The molecular weight excluding hydrogens is 617 g/mol. The third-order valence-corrected chi connectivity index (χ3v) is 7.70. The number of carbonyl (C=O) groups is 4. The number of amides is 4. The molecule has 2 aromatic carbocycles. The monoisotopic (exact) mass is 651 g/mol. The molecule has 0 fully saturated rings. The third kappa shape index (κ3) is 8.19. The molecular formula is C33H35ClFN5O6. The number of allylic oxidation sites excluding steroid dienone is 1. The predicted octanol–water partition coefficient (Wildman–Crippen LogP) is 7.27. The van der Waals surface area contributed by atoms with Crippen LogP contribution < -0.4 is 16.0 Å². The maximum absolute atomic E-state index is 14.8. The molecule has 11 nitrogen and oxygen atoms in total. The molecule has 4 rings (SSSR count). The van der Waals surface area contributed by atoms with Gasteiger partial charge in [0.15, 0.2) is 5.82 Å². The molecule has 1 aliphatic rings. The molecule has 0 radical (unpaired) electrons. The van der Waals surface area contributed by atoms with Crippen LogP contribution in [0.25, 0.3) is 11.1 Å². The van der Waals surface area contributed by atoms with E-state index in [0.29, 0.717) is 53.3 Å². The number of nitrogens with one attached hydrogen (secondary N) is 3. The van der Waals surface area contributed by atoms with E-state index in [2.05, 4.69) is 25.7 Å². The second-order valence-electron chi connectivity index (χ2n) is 10.5. The van der Waals surface area contributed by atoms with Gasteiger partial charge in [0, 0.05) is 31.0 Å². The summed E-state index contributed by atoms with van der Waals surface area (Å²) in [7, 11) is 2.92. The van der Waals surface area contributed by atoms with Crippen LogP contribution in [0, 0.1) is 5.82 Å². The molecule has 0 saturated heterocycles. The molecule has 0 spiro atoms. The van der Waals surface area contributed by atoms with E-state index in [-0.39, 0.29) is 22.9 Å². The number of methoxy groups -OCH3 is 1. The summed E-state index contributed by atoms with van der Waals surface area (Å²) >= 11 is 5.98. The molecule has 13 heteroatoms. The van der Waals surface area contributed by atoms with Gasteiger partial charge in [-0.3, -0.25) is 25.2 Å². The topological polar surface area (TPSA) is 139 Å². The van der Waals surface area contributed by atoms with Crippen molar-refractivity contribution in [3.05, 3.63) is 82.9 Å². The smallest absolute Gasteiger partial charge is 0.412 e. The molecule has 3 aromatic rings. The van der Waals surface area contributed by atoms with E-state index >= 15 is 0 Å². The summed E-state index contributed by atoms with van der Waals surface area (Å²) in [6.07, 6.45) is 6.04. The minimum absolute atomic E-state index is 0.0740. The number of likely N-dealkylation sites (N-methyl/N-ethyl adjacent to an activating group) is 1. The number of anilines is 3. The fourth-order valence-electron chi connectivity index (χ4n) is 5.10. The number of hydrogen-bond acceptors (Lipinski definition) is 7. The molecule has 0 bridgehead atoms. The lowest BCUT2D eigenvalue weighted by Gasteiger charge is -2.28. The Morgan fingerprint density at radius 1 is 1.24 bits per heavy atom. The van der Waals surface area contributed by atoms with Gasteiger partial charge in [-0.1, -0.05) is 43.2 Å². The van der Waals surface area contributed by atoms with Crippen molar-refractivity contribution in [1.82, 2.24) is 9.88 Å². The number of hydrogen-bond donors (Lipinski definition) is 3. The number of nitrogens with zero attached hydrogens (tertiary/aromatic N) is 2. The van der Waals surface area contributed by atoms with E-state index in [0.717, 1.165) is 12.8 Å². The van der Waals surface area contributed by atoms with Crippen molar-refractivity contribution in [2.24, 2.45) is 0 Å². The first kappa shape index (κ1) is 33.9. The van der Waals surface area contributed by atoms with Gasteiger partial charge >= 0.3 is 12.2 Å². The van der Waals surface area contributed by atoms with Crippen LogP contribution >= 0.6 is 11.6 Å². The minimum atomic E-state index is -0.854. The number of aromatic nitrogens is 1. The molecule has 46 heavy (non-hydrogen) atoms. The lowest BCUT2D eigenvalue weighted by molar-refractivity contribution is -0.130. The second kappa shape index (κ2) is 15.8. The highest BCUT2D eigenvalue weighted by atomic mass is 35.5. The van der Waals surface area contributed by atoms with Crippen molar-refractivity contribution in [3.63, 3.8) is 0 Å². The Bertz CT molecular complexity index is 1630. The van der Waals surface area contributed by atoms with Crippen LogP contribution in [0.15, 0.2) is 60.8 Å². The van der Waals surface area contributed by atoms with E-state index in [4.69, 9.17) is 16.3 Å². The van der Waals surface area contributed by atoms with Crippen LogP contribution in [0.2, 0.25) is 5.02 Å². The normalized spacial score (nSPS) is 14.5. The number of ether oxygens (including phenoxy) is 2. The standard InChI is InChI=1S/C33H35ClFN5O6/c1-4-5-6-8-23(26-17-20(14-15-36-26)22-11-10-21(38-32(43)45-3)18-27(22)37-19-41)31(42)40(2)16-7-9-28-29-25(39-33(44)46-28)13-12-24(34)30(29)35/h6,8,10-15,17-19,23,28H,4-5,7,9,16H2,1-3H3,(H,37,41)(H,38,43)(H,39,44)/b8-6-. The van der Waals surface area contributed by atoms with Crippen LogP contribution in [0.5, 0.6) is 0 Å². The van der Waals surface area contributed by atoms with Crippen LogP contribution in [0.3, 0.4) is 0 Å². The Hall–Kier alpha value is -4.97. The fourth-order valence-corrected chi connectivity index (χ4v) is 5.27. The number of cyclic esters (lactones) is 1. The van der Waals surface area contributed by atoms with Gasteiger partial charge in [0.1, 0.15) is 6.10 Å². The van der Waals surface area contributed by atoms with Gasteiger partial charge in [-0.05, 0) is 61.2 Å². The summed E-state index contributed by atoms with van der Waals surface area (Å²) < 4.78 is 24.8. The van der Waals surface area contributed by atoms with Gasteiger partial charge in [0.25, 0.3) is 0 Å². The number of pyridine rings is 1. The van der Waals surface area contributed by atoms with E-state index in [1.165, 1.54) is 19.2 Å². The predicted molar refractivity (Wildman–Crippen MR) is 173 cm³/mol. The van der Waals surface area contributed by atoms with Crippen molar-refractivity contribution in [2.45, 2.75) is 44.6 Å². The van der Waals surface area contributed by atoms with Gasteiger partial charge in [-0.25, -0.2) is 14.0 Å². The van der Waals surface area contributed by atoms with Gasteiger partial charge in [-0.2, -0.15) is 0 Å². The number of rotatable bonds is 13. The van der Waals surface area contributed by atoms with Crippen molar-refractivity contribution in [2.75, 3.05) is 36.7 Å². The quantitative estimate of drug-likeness (QED) is 0.130. The Balaban J connectivity index is 1.54. The fraction of sp³-hybridized carbons (Fsp3) is 0.303. The summed E-state index contributed by atoms with van der Waals surface area (Å²) in [5, 5.41) is 7.64. The Kier molecular flexibility index (Phi) is 11.7. The average Bonchev–Trinajstić information content (AvgIpc) is 3.04. The Labute approximate surface area is 271 Å². The first-order valence-corrected chi connectivity index (χ1v) is 15.1. The highest BCUT2D eigenvalue weighted by Crippen LogP contribution is 2.38. The van der Waals surface area contributed by atoms with E-state index in [1.54, 1.807) is 48.5 Å². The Morgan fingerprint density at radius 2 is 2.04 bits per heavy atom. The van der Waals surface area contributed by atoms with Crippen molar-refractivity contribution in [1.29, 1.82) is 0 Å². The molecule has 3 N–H and O–H groups in total. The summed E-state index contributed by atoms with van der Waals surface area (Å²) in [5.74, 6) is -1.58. The number of fused-ring (bicyclic) bond motifs is 1. The zero-order valence-electron chi connectivity index (χ0n) is 25.6. The van der Waals surface area contributed by atoms with Gasteiger partial charge in [0.2, 0.25) is 12.3 Å². The zero-order chi connectivity index (χ0) is 33.2. The van der Waals surface area contributed by atoms with E-state index < -0.39 is 30.0 Å².